The zero-order valence-corrected chi connectivity index (χ0v) is 36.5. The van der Waals surface area contributed by atoms with Gasteiger partial charge in [-0.25, -0.2) is 13.6 Å². The van der Waals surface area contributed by atoms with Crippen LogP contribution in [0.4, 0.5) is 14.5 Å². The Bertz CT molecular complexity index is 2440. The number of rotatable bonds is 7. The molecule has 1 aliphatic carbocycles. The van der Waals surface area contributed by atoms with Gasteiger partial charge in [0.25, 0.3) is 0 Å². The molecule has 2 bridgehead atoms. The van der Waals surface area contributed by atoms with Crippen LogP contribution in [-0.2, 0) is 45.8 Å². The van der Waals surface area contributed by atoms with Crippen LogP contribution >= 0.6 is 0 Å². The number of halogens is 2. The molecule has 0 amide bonds. The molecule has 2 N–H and O–H groups in total. The normalized spacial score (nSPS) is 34.7. The average molecular weight is 855 g/mol. The summed E-state index contributed by atoms with van der Waals surface area (Å²) in [6.45, 7) is 6.62. The molecule has 1 saturated carbocycles. The fourth-order valence-electron chi connectivity index (χ4n) is 13.6. The third kappa shape index (κ3) is 5.56. The second-order valence-electron chi connectivity index (χ2n) is 18.7. The topological polar surface area (TPSA) is 134 Å². The zero-order valence-electron chi connectivity index (χ0n) is 36.5. The fourth-order valence-corrected chi connectivity index (χ4v) is 13.6. The number of carbonyl (C=O) groups excluding carboxylic acids is 3. The molecule has 3 fully saturated rings. The monoisotopic (exact) mass is 854 g/mol. The molecule has 5 aliphatic heterocycles. The minimum Gasteiger partial charge on any atom is -0.496 e. The first-order valence-electron chi connectivity index (χ1n) is 21.7. The molecule has 6 aliphatic rings. The summed E-state index contributed by atoms with van der Waals surface area (Å²) in [7, 11) is 5.91. The number of anilines is 1. The molecule has 14 heteroatoms. The number of terminal acetylenes is 1. The van der Waals surface area contributed by atoms with Crippen molar-refractivity contribution >= 4 is 34.5 Å². The molecule has 3 unspecified atom stereocenters. The molecular weight excluding hydrogens is 799 g/mol. The van der Waals surface area contributed by atoms with Crippen LogP contribution in [0.1, 0.15) is 74.4 Å². The number of aromatic nitrogens is 1. The van der Waals surface area contributed by atoms with E-state index in [0.29, 0.717) is 73.7 Å². The van der Waals surface area contributed by atoms with E-state index < -0.39 is 63.7 Å². The maximum Gasteiger partial charge on any atom is 0.344 e. The lowest BCUT2D eigenvalue weighted by Gasteiger charge is -2.63. The van der Waals surface area contributed by atoms with Crippen molar-refractivity contribution in [1.29, 1.82) is 0 Å². The molecule has 2 aromatic carbocycles. The zero-order chi connectivity index (χ0) is 44.3. The number of likely N-dealkylation sites (N-methyl/N-ethyl adjacent to an activating group) is 1. The smallest absolute Gasteiger partial charge is 0.344 e. The van der Waals surface area contributed by atoms with Crippen LogP contribution in [-0.4, -0.2) is 129 Å². The summed E-state index contributed by atoms with van der Waals surface area (Å²) in [6.07, 6.45) is 10.3. The molecule has 1 spiro atoms. The maximum absolute atomic E-state index is 15.4. The third-order valence-electron chi connectivity index (χ3n) is 15.8. The summed E-state index contributed by atoms with van der Waals surface area (Å²) in [5.41, 5.74) is -1.27. The van der Waals surface area contributed by atoms with E-state index in [-0.39, 0.29) is 31.3 Å². The highest BCUT2D eigenvalue weighted by atomic mass is 19.3. The van der Waals surface area contributed by atoms with E-state index in [1.54, 1.807) is 0 Å². The number of benzene rings is 2. The molecule has 3 aromatic rings. The molecular formula is C48H56F2N4O8. The van der Waals surface area contributed by atoms with Crippen LogP contribution in [0, 0.1) is 29.6 Å². The second-order valence-corrected chi connectivity index (χ2v) is 18.7. The first kappa shape index (κ1) is 42.3. The molecule has 330 valence electrons. The Hall–Kier alpha value is -4.97. The Morgan fingerprint density at radius 2 is 1.81 bits per heavy atom. The van der Waals surface area contributed by atoms with Gasteiger partial charge in [0.2, 0.25) is 11.5 Å². The third-order valence-corrected chi connectivity index (χ3v) is 15.8. The van der Waals surface area contributed by atoms with Crippen LogP contribution in [0.25, 0.3) is 10.9 Å². The first-order valence-corrected chi connectivity index (χ1v) is 21.7. The molecule has 1 aromatic heterocycles. The van der Waals surface area contributed by atoms with Gasteiger partial charge >= 0.3 is 17.9 Å². The van der Waals surface area contributed by atoms with Crippen LogP contribution in [0.5, 0.6) is 5.75 Å². The Morgan fingerprint density at radius 1 is 1.05 bits per heavy atom. The van der Waals surface area contributed by atoms with Gasteiger partial charge in [-0.15, -0.1) is 6.42 Å². The van der Waals surface area contributed by atoms with E-state index in [1.807, 2.05) is 61.4 Å². The Kier molecular flexibility index (Phi) is 9.93. The molecule has 6 heterocycles. The second kappa shape index (κ2) is 14.5. The first-order chi connectivity index (χ1) is 29.5. The van der Waals surface area contributed by atoms with Crippen molar-refractivity contribution in [2.75, 3.05) is 66.0 Å². The van der Waals surface area contributed by atoms with Crippen molar-refractivity contribution < 1.29 is 47.2 Å². The standard InChI is InChI=1S/C48H56F2N4O8/c1-9-28-12-13-35-32(21-28)31-14-18-53-25-29(20-30(26-53)44(4,49)50)24-47(38(31)51-35,42(56)60-7)34-22-33-36(23-37(34)59-6)52(5)40-46(33)16-19-54-17-11-15-45(10-2,39(46)54)41(62-27(3)55)48(40,58)43(57)61-8/h1,11-13,15,21-23,29-30,39-41,51,58H,10,14,16-20,24-26H2,2-8H3/t29-,30?,39+,40-,41-,45?,46-,47+,48+/m1/s1. The van der Waals surface area contributed by atoms with Gasteiger partial charge in [-0.1, -0.05) is 25.0 Å². The van der Waals surface area contributed by atoms with E-state index in [0.717, 1.165) is 29.0 Å². The van der Waals surface area contributed by atoms with Crippen molar-refractivity contribution in [2.24, 2.45) is 17.3 Å². The number of hydrogen-bond donors (Lipinski definition) is 2. The number of ether oxygens (including phenoxy) is 4. The van der Waals surface area contributed by atoms with Gasteiger partial charge in [-0.3, -0.25) is 14.5 Å². The molecule has 10 atom stereocenters. The highest BCUT2D eigenvalue weighted by Gasteiger charge is 2.80. The van der Waals surface area contributed by atoms with E-state index in [2.05, 4.69) is 20.7 Å². The molecule has 62 heavy (non-hydrogen) atoms. The lowest BCUT2D eigenvalue weighted by molar-refractivity contribution is -0.228. The van der Waals surface area contributed by atoms with Crippen molar-refractivity contribution in [3.63, 3.8) is 0 Å². The van der Waals surface area contributed by atoms with Gasteiger partial charge in [0.1, 0.15) is 11.2 Å². The number of hydrogen-bond acceptors (Lipinski definition) is 11. The summed E-state index contributed by atoms with van der Waals surface area (Å²) < 4.78 is 54.6. The highest BCUT2D eigenvalue weighted by molar-refractivity contribution is 5.95. The highest BCUT2D eigenvalue weighted by Crippen LogP contribution is 2.68. The van der Waals surface area contributed by atoms with Crippen molar-refractivity contribution in [3.05, 3.63) is 70.4 Å². The van der Waals surface area contributed by atoms with Crippen molar-refractivity contribution in [2.45, 2.75) is 93.4 Å². The fraction of sp³-hybridized carbons (Fsp3) is 0.562. The predicted octanol–water partition coefficient (Wildman–Crippen LogP) is 5.10. The average Bonchev–Trinajstić information content (AvgIpc) is 3.91. The molecule has 2 saturated heterocycles. The number of aromatic amines is 1. The summed E-state index contributed by atoms with van der Waals surface area (Å²) in [4.78, 5) is 52.8. The molecule has 9 rings (SSSR count). The van der Waals surface area contributed by atoms with Crippen molar-refractivity contribution in [1.82, 2.24) is 14.8 Å². The van der Waals surface area contributed by atoms with Gasteiger partial charge < -0.3 is 38.8 Å². The summed E-state index contributed by atoms with van der Waals surface area (Å²) in [6, 6.07) is 8.15. The van der Waals surface area contributed by atoms with Crippen molar-refractivity contribution in [3.8, 4) is 18.1 Å². The quantitative estimate of drug-likeness (QED) is 0.142. The largest absolute Gasteiger partial charge is 0.496 e. The van der Waals surface area contributed by atoms with Gasteiger partial charge in [0.15, 0.2) is 6.10 Å². The summed E-state index contributed by atoms with van der Waals surface area (Å²) >= 11 is 0. The number of carbonyl (C=O) groups is 3. The Labute approximate surface area is 360 Å². The van der Waals surface area contributed by atoms with Crippen LogP contribution < -0.4 is 9.64 Å². The number of esters is 3. The van der Waals surface area contributed by atoms with Crippen LogP contribution in [0.2, 0.25) is 0 Å². The van der Waals surface area contributed by atoms with E-state index in [4.69, 9.17) is 25.4 Å². The number of piperidine rings is 1. The predicted molar refractivity (Wildman–Crippen MR) is 227 cm³/mol. The number of methoxy groups -OCH3 is 3. The van der Waals surface area contributed by atoms with Gasteiger partial charge in [0.05, 0.1) is 27.4 Å². The maximum atomic E-state index is 15.4. The van der Waals surface area contributed by atoms with E-state index in [9.17, 15) is 14.7 Å². The van der Waals surface area contributed by atoms with E-state index >= 15 is 13.6 Å². The number of alkyl halides is 2. The Morgan fingerprint density at radius 3 is 2.47 bits per heavy atom. The molecule has 12 nitrogen and oxygen atoms in total. The van der Waals surface area contributed by atoms with Gasteiger partial charge in [-0.2, -0.15) is 0 Å². The Balaban J connectivity index is 1.37. The number of nitrogens with one attached hydrogen (secondary N) is 1. The van der Waals surface area contributed by atoms with E-state index in [1.165, 1.54) is 28.3 Å². The molecule has 0 radical (unpaired) electrons. The lowest BCUT2D eigenvalue weighted by atomic mass is 9.47. The lowest BCUT2D eigenvalue weighted by Crippen LogP contribution is -2.81. The van der Waals surface area contributed by atoms with Crippen LogP contribution in [0.3, 0.4) is 0 Å². The number of nitrogens with zero attached hydrogens (tertiary/aromatic N) is 3. The number of aliphatic hydroxyl groups is 1. The number of H-pyrrole nitrogens is 1. The SMILES string of the molecule is C#Cc1ccc2[nH]c3c(c2c1)CCN1CC(C(C)(F)F)C[C@@H](C1)C[C@]3(C(=O)OC)c1cc2c(cc1OC)N(C)[C@H]1[C@@](O)(C(=O)OC)[C@H](OC(C)=O)C3(CC)C=CCN4CC[C@]21[C@@H]43. The van der Waals surface area contributed by atoms with Gasteiger partial charge in [-0.05, 0) is 86.9 Å². The summed E-state index contributed by atoms with van der Waals surface area (Å²) in [5, 5.41) is 14.2. The van der Waals surface area contributed by atoms with Gasteiger partial charge in [0, 0.05) is 102 Å². The minimum absolute atomic E-state index is 0.115. The summed E-state index contributed by atoms with van der Waals surface area (Å²) in [5.74, 6) is -3.34. The number of fused-ring (bicyclic) bond motifs is 6. The minimum atomic E-state index is -2.96. The van der Waals surface area contributed by atoms with Crippen LogP contribution in [0.15, 0.2) is 42.5 Å².